The summed E-state index contributed by atoms with van der Waals surface area (Å²) in [4.78, 5) is 3.91. The summed E-state index contributed by atoms with van der Waals surface area (Å²) in [7, 11) is 0. The molecular formula is C11H3BrCl2F3N3. The van der Waals surface area contributed by atoms with Crippen LogP contribution in [-0.2, 0) is 6.18 Å². The van der Waals surface area contributed by atoms with Crippen LogP contribution in [-0.4, -0.2) is 8.58 Å². The first-order valence-electron chi connectivity index (χ1n) is 4.96. The lowest BCUT2D eigenvalue weighted by molar-refractivity contribution is -0.137. The number of aromatic nitrogens is 2. The van der Waals surface area contributed by atoms with Crippen LogP contribution in [0.4, 0.5) is 13.2 Å². The van der Waals surface area contributed by atoms with Crippen LogP contribution < -0.4 is 0 Å². The quantitative estimate of drug-likeness (QED) is 0.701. The van der Waals surface area contributed by atoms with Crippen molar-refractivity contribution in [2.24, 2.45) is 0 Å². The van der Waals surface area contributed by atoms with Crippen LogP contribution in [0, 0.1) is 11.3 Å². The Kier molecular flexibility index (Phi) is 4.00. The highest BCUT2D eigenvalue weighted by atomic mass is 79.9. The molecule has 0 aliphatic rings. The van der Waals surface area contributed by atoms with E-state index in [1.54, 1.807) is 0 Å². The van der Waals surface area contributed by atoms with Gasteiger partial charge < -0.3 is 0 Å². The van der Waals surface area contributed by atoms with Gasteiger partial charge in [0.1, 0.15) is 6.07 Å². The average molecular weight is 385 g/mol. The van der Waals surface area contributed by atoms with E-state index in [9.17, 15) is 13.2 Å². The van der Waals surface area contributed by atoms with Gasteiger partial charge in [-0.2, -0.15) is 18.4 Å². The first-order valence-corrected chi connectivity index (χ1v) is 6.43. The first-order chi connectivity index (χ1) is 9.25. The van der Waals surface area contributed by atoms with Crippen molar-refractivity contribution in [3.8, 4) is 17.5 Å². The molecule has 0 aliphatic carbocycles. The standard InChI is InChI=1S/C11H3BrCl2F3N3/c12-20-6(3-18)4-19-10(20)9-7(13)1-5(2-8(9)14)11(15,16)17/h1-2,4H. The minimum Gasteiger partial charge on any atom is -0.248 e. The Hall–Kier alpha value is -1.23. The summed E-state index contributed by atoms with van der Waals surface area (Å²) in [5.74, 6) is 0.144. The number of nitriles is 1. The van der Waals surface area contributed by atoms with Crippen LogP contribution in [0.1, 0.15) is 11.3 Å². The van der Waals surface area contributed by atoms with E-state index in [4.69, 9.17) is 28.5 Å². The molecule has 1 heterocycles. The molecule has 0 aliphatic heterocycles. The fraction of sp³-hybridized carbons (Fsp3) is 0.0909. The maximum absolute atomic E-state index is 12.6. The number of nitrogens with zero attached hydrogens (tertiary/aromatic N) is 3. The van der Waals surface area contributed by atoms with E-state index in [2.05, 4.69) is 21.1 Å². The number of imidazole rings is 1. The number of halogens is 6. The van der Waals surface area contributed by atoms with Crippen molar-refractivity contribution in [1.82, 2.24) is 8.58 Å². The molecule has 0 saturated carbocycles. The second-order valence-electron chi connectivity index (χ2n) is 3.67. The fourth-order valence-corrected chi connectivity index (χ4v) is 2.62. The molecule has 3 nitrogen and oxygen atoms in total. The molecule has 1 aromatic carbocycles. The lowest BCUT2D eigenvalue weighted by Gasteiger charge is -2.11. The van der Waals surface area contributed by atoms with Gasteiger partial charge in [-0.15, -0.1) is 0 Å². The molecule has 1 aromatic heterocycles. The Morgan fingerprint density at radius 2 is 1.80 bits per heavy atom. The molecule has 0 spiro atoms. The van der Waals surface area contributed by atoms with Crippen LogP contribution in [0.5, 0.6) is 0 Å². The molecule has 2 aromatic rings. The van der Waals surface area contributed by atoms with Crippen LogP contribution in [0.2, 0.25) is 10.0 Å². The van der Waals surface area contributed by atoms with Crippen molar-refractivity contribution in [2.45, 2.75) is 6.18 Å². The molecular weight excluding hydrogens is 382 g/mol. The monoisotopic (exact) mass is 383 g/mol. The smallest absolute Gasteiger partial charge is 0.248 e. The van der Waals surface area contributed by atoms with E-state index in [0.29, 0.717) is 0 Å². The predicted molar refractivity (Wildman–Crippen MR) is 71.7 cm³/mol. The third kappa shape index (κ3) is 2.64. The van der Waals surface area contributed by atoms with Gasteiger partial charge in [0.15, 0.2) is 11.5 Å². The van der Waals surface area contributed by atoms with Gasteiger partial charge in [0.25, 0.3) is 0 Å². The van der Waals surface area contributed by atoms with Crippen molar-refractivity contribution >= 4 is 39.3 Å². The third-order valence-corrected chi connectivity index (χ3v) is 3.73. The molecule has 0 amide bonds. The Balaban J connectivity index is 2.65. The Morgan fingerprint density at radius 1 is 1.25 bits per heavy atom. The number of alkyl halides is 3. The highest BCUT2D eigenvalue weighted by Gasteiger charge is 2.32. The van der Waals surface area contributed by atoms with Gasteiger partial charge in [-0.25, -0.2) is 8.58 Å². The summed E-state index contributed by atoms with van der Waals surface area (Å²) < 4.78 is 39.1. The second-order valence-corrected chi connectivity index (χ2v) is 5.20. The molecule has 0 radical (unpaired) electrons. The minimum atomic E-state index is -4.55. The van der Waals surface area contributed by atoms with Gasteiger partial charge in [-0.3, -0.25) is 0 Å². The van der Waals surface area contributed by atoms with Crippen LogP contribution in [0.3, 0.4) is 0 Å². The van der Waals surface area contributed by atoms with E-state index in [0.717, 1.165) is 12.1 Å². The Morgan fingerprint density at radius 3 is 2.20 bits per heavy atom. The zero-order chi connectivity index (χ0) is 15.1. The number of benzene rings is 1. The van der Waals surface area contributed by atoms with E-state index < -0.39 is 11.7 Å². The van der Waals surface area contributed by atoms with E-state index in [1.165, 1.54) is 9.79 Å². The van der Waals surface area contributed by atoms with Crippen LogP contribution in [0.25, 0.3) is 11.4 Å². The number of hydrogen-bond donors (Lipinski definition) is 0. The Bertz CT molecular complexity index is 696. The van der Waals surface area contributed by atoms with Gasteiger partial charge in [0.2, 0.25) is 0 Å². The second kappa shape index (κ2) is 5.28. The third-order valence-electron chi connectivity index (χ3n) is 2.41. The lowest BCUT2D eigenvalue weighted by atomic mass is 10.1. The molecule has 0 atom stereocenters. The van der Waals surface area contributed by atoms with Crippen molar-refractivity contribution in [1.29, 1.82) is 5.26 Å². The van der Waals surface area contributed by atoms with Crippen molar-refractivity contribution in [3.63, 3.8) is 0 Å². The normalized spacial score (nSPS) is 11.4. The largest absolute Gasteiger partial charge is 0.416 e. The molecule has 2 rings (SSSR count). The number of hydrogen-bond acceptors (Lipinski definition) is 2. The SMILES string of the molecule is N#Cc1cnc(-c2c(Cl)cc(C(F)(F)F)cc2Cl)n1Br. The van der Waals surface area contributed by atoms with Crippen LogP contribution >= 0.6 is 39.3 Å². The molecule has 0 unspecified atom stereocenters. The summed E-state index contributed by atoms with van der Waals surface area (Å²) in [6, 6.07) is 3.37. The molecule has 104 valence electrons. The highest BCUT2D eigenvalue weighted by Crippen LogP contribution is 2.40. The van der Waals surface area contributed by atoms with Gasteiger partial charge in [0.05, 0.1) is 43.5 Å². The average Bonchev–Trinajstić information content (AvgIpc) is 2.69. The lowest BCUT2D eigenvalue weighted by Crippen LogP contribution is -2.05. The fourth-order valence-electron chi connectivity index (χ4n) is 1.52. The van der Waals surface area contributed by atoms with Crippen molar-refractivity contribution in [2.75, 3.05) is 0 Å². The minimum absolute atomic E-state index is 0.111. The topological polar surface area (TPSA) is 41.6 Å². The molecule has 9 heteroatoms. The van der Waals surface area contributed by atoms with E-state index in [-0.39, 0.29) is 27.1 Å². The van der Waals surface area contributed by atoms with Gasteiger partial charge in [0, 0.05) is 0 Å². The highest BCUT2D eigenvalue weighted by molar-refractivity contribution is 9.08. The van der Waals surface area contributed by atoms with Crippen LogP contribution in [0.15, 0.2) is 18.3 Å². The maximum Gasteiger partial charge on any atom is 0.416 e. The zero-order valence-corrected chi connectivity index (χ0v) is 12.4. The molecule has 0 fully saturated rings. The predicted octanol–water partition coefficient (Wildman–Crippen LogP) is 4.91. The molecule has 0 bridgehead atoms. The van der Waals surface area contributed by atoms with Gasteiger partial charge >= 0.3 is 6.18 Å². The van der Waals surface area contributed by atoms with Gasteiger partial charge in [-0.05, 0) is 12.1 Å². The molecule has 0 N–H and O–H groups in total. The Labute approximate surface area is 129 Å². The van der Waals surface area contributed by atoms with Crippen molar-refractivity contribution in [3.05, 3.63) is 39.6 Å². The van der Waals surface area contributed by atoms with E-state index >= 15 is 0 Å². The maximum atomic E-state index is 12.6. The van der Waals surface area contributed by atoms with Crippen molar-refractivity contribution < 1.29 is 13.2 Å². The summed E-state index contributed by atoms with van der Waals surface area (Å²) in [6.07, 6.45) is -3.30. The first kappa shape index (κ1) is 15.2. The zero-order valence-electron chi connectivity index (χ0n) is 9.34. The molecule has 0 saturated heterocycles. The number of rotatable bonds is 1. The summed E-state index contributed by atoms with van der Waals surface area (Å²) in [5.41, 5.74) is -0.684. The van der Waals surface area contributed by atoms with E-state index in [1.807, 2.05) is 6.07 Å². The molecule has 20 heavy (non-hydrogen) atoms. The van der Waals surface area contributed by atoms with Gasteiger partial charge in [-0.1, -0.05) is 23.2 Å². The summed E-state index contributed by atoms with van der Waals surface area (Å²) in [5, 5.41) is 8.40. The summed E-state index contributed by atoms with van der Waals surface area (Å²) >= 11 is 14.8. The summed E-state index contributed by atoms with van der Waals surface area (Å²) in [6.45, 7) is 0.